The molecule has 0 spiro atoms. The number of carbonyl (C=O) groups is 1. The maximum Gasteiger partial charge on any atom is 0.294 e. The first kappa shape index (κ1) is 15.3. The van der Waals surface area contributed by atoms with Crippen LogP contribution >= 0.6 is 0 Å². The Hall–Kier alpha value is -3.09. The highest BCUT2D eigenvalue weighted by Crippen LogP contribution is 2.25. The lowest BCUT2D eigenvalue weighted by atomic mass is 10.1. The molecular formula is C15H15N3O4. The van der Waals surface area contributed by atoms with E-state index in [9.17, 15) is 20.0 Å². The summed E-state index contributed by atoms with van der Waals surface area (Å²) < 4.78 is 0. The van der Waals surface area contributed by atoms with Crippen molar-refractivity contribution in [2.75, 3.05) is 11.1 Å². The molecule has 0 radical (unpaired) electrons. The Morgan fingerprint density at radius 3 is 2.55 bits per heavy atom. The van der Waals surface area contributed by atoms with E-state index in [-0.39, 0.29) is 29.5 Å². The number of nitro groups is 1. The van der Waals surface area contributed by atoms with Crippen molar-refractivity contribution >= 4 is 23.0 Å². The lowest BCUT2D eigenvalue weighted by Gasteiger charge is -2.06. The molecule has 0 heterocycles. The van der Waals surface area contributed by atoms with Crippen molar-refractivity contribution in [3.05, 3.63) is 58.1 Å². The van der Waals surface area contributed by atoms with Crippen LogP contribution in [0, 0.1) is 10.1 Å². The zero-order valence-corrected chi connectivity index (χ0v) is 11.7. The van der Waals surface area contributed by atoms with Gasteiger partial charge in [0.15, 0.2) is 0 Å². The molecule has 0 bridgehead atoms. The molecule has 0 fully saturated rings. The van der Waals surface area contributed by atoms with Gasteiger partial charge in [-0.05, 0) is 36.2 Å². The number of benzene rings is 2. The van der Waals surface area contributed by atoms with Crippen LogP contribution < -0.4 is 11.1 Å². The number of nitro benzene ring substituents is 1. The predicted octanol–water partition coefficient (Wildman–Crippen LogP) is 2.45. The van der Waals surface area contributed by atoms with E-state index in [1.807, 2.05) is 0 Å². The summed E-state index contributed by atoms with van der Waals surface area (Å²) in [6.45, 7) is 0. The summed E-state index contributed by atoms with van der Waals surface area (Å²) in [5.74, 6) is -0.0884. The van der Waals surface area contributed by atoms with Crippen LogP contribution in [0.5, 0.6) is 5.75 Å². The van der Waals surface area contributed by atoms with Gasteiger partial charge in [-0.25, -0.2) is 0 Å². The molecule has 4 N–H and O–H groups in total. The van der Waals surface area contributed by atoms with Crippen LogP contribution in [0.25, 0.3) is 0 Å². The molecule has 22 heavy (non-hydrogen) atoms. The number of rotatable bonds is 5. The standard InChI is InChI=1S/C15H15N3O4/c16-13-7-4-11(9-14(13)18(21)22)17-15(20)8-3-10-1-5-12(19)6-2-10/h1-2,4-7,9,19H,3,8,16H2,(H,17,20). The Bertz CT molecular complexity index is 698. The summed E-state index contributed by atoms with van der Waals surface area (Å²) in [5.41, 5.74) is 6.55. The van der Waals surface area contributed by atoms with Gasteiger partial charge >= 0.3 is 0 Å². The van der Waals surface area contributed by atoms with Gasteiger partial charge in [0.1, 0.15) is 11.4 Å². The van der Waals surface area contributed by atoms with Crippen LogP contribution in [-0.2, 0) is 11.2 Å². The molecule has 0 aromatic heterocycles. The van der Waals surface area contributed by atoms with Crippen LogP contribution in [0.2, 0.25) is 0 Å². The second-order valence-corrected chi connectivity index (χ2v) is 4.75. The molecule has 0 unspecified atom stereocenters. The third-order valence-corrected chi connectivity index (χ3v) is 3.09. The molecule has 7 nitrogen and oxygen atoms in total. The minimum absolute atomic E-state index is 0.0482. The van der Waals surface area contributed by atoms with Gasteiger partial charge in [-0.2, -0.15) is 0 Å². The van der Waals surface area contributed by atoms with E-state index >= 15 is 0 Å². The van der Waals surface area contributed by atoms with Crippen molar-refractivity contribution in [1.82, 2.24) is 0 Å². The predicted molar refractivity (Wildman–Crippen MR) is 82.6 cm³/mol. The van der Waals surface area contributed by atoms with Gasteiger partial charge in [0.05, 0.1) is 4.92 Å². The van der Waals surface area contributed by atoms with Crippen molar-refractivity contribution in [1.29, 1.82) is 0 Å². The summed E-state index contributed by atoms with van der Waals surface area (Å²) in [7, 11) is 0. The third kappa shape index (κ3) is 3.95. The summed E-state index contributed by atoms with van der Waals surface area (Å²) in [5, 5.41) is 22.6. The van der Waals surface area contributed by atoms with Crippen LogP contribution in [0.1, 0.15) is 12.0 Å². The number of hydrogen-bond donors (Lipinski definition) is 3. The number of phenols is 1. The van der Waals surface area contributed by atoms with Gasteiger partial charge in [-0.3, -0.25) is 14.9 Å². The van der Waals surface area contributed by atoms with E-state index in [0.29, 0.717) is 12.1 Å². The molecule has 114 valence electrons. The fourth-order valence-electron chi connectivity index (χ4n) is 1.92. The maximum atomic E-state index is 11.9. The second kappa shape index (κ2) is 6.57. The number of hydrogen-bond acceptors (Lipinski definition) is 5. The number of carbonyl (C=O) groups excluding carboxylic acids is 1. The van der Waals surface area contributed by atoms with Crippen LogP contribution in [-0.4, -0.2) is 15.9 Å². The highest BCUT2D eigenvalue weighted by atomic mass is 16.6. The summed E-state index contributed by atoms with van der Waals surface area (Å²) >= 11 is 0. The highest BCUT2D eigenvalue weighted by Gasteiger charge is 2.13. The molecule has 7 heteroatoms. The van der Waals surface area contributed by atoms with Crippen molar-refractivity contribution < 1.29 is 14.8 Å². The fourth-order valence-corrected chi connectivity index (χ4v) is 1.92. The average Bonchev–Trinajstić information content (AvgIpc) is 2.48. The Balaban J connectivity index is 1.96. The molecule has 0 saturated heterocycles. The fraction of sp³-hybridized carbons (Fsp3) is 0.133. The lowest BCUT2D eigenvalue weighted by Crippen LogP contribution is -2.12. The zero-order valence-electron chi connectivity index (χ0n) is 11.7. The van der Waals surface area contributed by atoms with Gasteiger partial charge in [0.2, 0.25) is 5.91 Å². The number of nitrogens with zero attached hydrogens (tertiary/aromatic N) is 1. The summed E-state index contributed by atoms with van der Waals surface area (Å²) in [4.78, 5) is 22.1. The molecule has 0 aliphatic heterocycles. The minimum Gasteiger partial charge on any atom is -0.508 e. The molecule has 2 rings (SSSR count). The lowest BCUT2D eigenvalue weighted by molar-refractivity contribution is -0.383. The molecule has 0 atom stereocenters. The number of nitrogens with two attached hydrogens (primary N) is 1. The van der Waals surface area contributed by atoms with Gasteiger partial charge < -0.3 is 16.2 Å². The number of anilines is 2. The molecule has 2 aromatic rings. The Morgan fingerprint density at radius 1 is 1.23 bits per heavy atom. The number of phenolic OH excluding ortho intramolecular Hbond substituents is 1. The van der Waals surface area contributed by atoms with Crippen LogP contribution in [0.15, 0.2) is 42.5 Å². The second-order valence-electron chi connectivity index (χ2n) is 4.75. The Kier molecular flexibility index (Phi) is 4.57. The SMILES string of the molecule is Nc1ccc(NC(=O)CCc2ccc(O)cc2)cc1[N+](=O)[O-]. The molecule has 2 aromatic carbocycles. The van der Waals surface area contributed by atoms with Crippen molar-refractivity contribution in [3.8, 4) is 5.75 Å². The minimum atomic E-state index is -0.596. The van der Waals surface area contributed by atoms with Crippen molar-refractivity contribution in [3.63, 3.8) is 0 Å². The molecule has 0 aliphatic rings. The van der Waals surface area contributed by atoms with E-state index in [1.165, 1.54) is 18.2 Å². The summed E-state index contributed by atoms with van der Waals surface area (Å²) in [6, 6.07) is 10.7. The van der Waals surface area contributed by atoms with Gasteiger partial charge in [0, 0.05) is 18.2 Å². The molecule has 1 amide bonds. The zero-order chi connectivity index (χ0) is 16.1. The van der Waals surface area contributed by atoms with E-state index in [0.717, 1.165) is 5.56 Å². The van der Waals surface area contributed by atoms with E-state index in [1.54, 1.807) is 24.3 Å². The van der Waals surface area contributed by atoms with E-state index < -0.39 is 4.92 Å². The number of nitrogens with one attached hydrogen (secondary N) is 1. The highest BCUT2D eigenvalue weighted by molar-refractivity contribution is 5.91. The number of nitrogen functional groups attached to an aromatic ring is 1. The van der Waals surface area contributed by atoms with E-state index in [4.69, 9.17) is 5.73 Å². The maximum absolute atomic E-state index is 11.9. The third-order valence-electron chi connectivity index (χ3n) is 3.09. The van der Waals surface area contributed by atoms with Crippen LogP contribution in [0.3, 0.4) is 0 Å². The quantitative estimate of drug-likeness (QED) is 0.445. The number of aryl methyl sites for hydroxylation is 1. The Morgan fingerprint density at radius 2 is 1.91 bits per heavy atom. The topological polar surface area (TPSA) is 118 Å². The van der Waals surface area contributed by atoms with Gasteiger partial charge in [0.25, 0.3) is 5.69 Å². The largest absolute Gasteiger partial charge is 0.508 e. The first-order valence-corrected chi connectivity index (χ1v) is 6.57. The Labute approximate surface area is 126 Å². The molecule has 0 saturated carbocycles. The molecule has 0 aliphatic carbocycles. The number of aromatic hydroxyl groups is 1. The van der Waals surface area contributed by atoms with Gasteiger partial charge in [-0.1, -0.05) is 12.1 Å². The first-order chi connectivity index (χ1) is 10.5. The summed E-state index contributed by atoms with van der Waals surface area (Å²) in [6.07, 6.45) is 0.728. The van der Waals surface area contributed by atoms with E-state index in [2.05, 4.69) is 5.32 Å². The van der Waals surface area contributed by atoms with Gasteiger partial charge in [-0.15, -0.1) is 0 Å². The first-order valence-electron chi connectivity index (χ1n) is 6.57. The molecular weight excluding hydrogens is 286 g/mol. The van der Waals surface area contributed by atoms with Crippen molar-refractivity contribution in [2.24, 2.45) is 0 Å². The average molecular weight is 301 g/mol. The van der Waals surface area contributed by atoms with Crippen molar-refractivity contribution in [2.45, 2.75) is 12.8 Å². The monoisotopic (exact) mass is 301 g/mol. The normalized spacial score (nSPS) is 10.2. The van der Waals surface area contributed by atoms with Crippen LogP contribution in [0.4, 0.5) is 17.1 Å². The number of amides is 1. The smallest absolute Gasteiger partial charge is 0.294 e.